The van der Waals surface area contributed by atoms with Crippen LogP contribution >= 0.6 is 11.6 Å². The SMILES string of the molecule is Nc1cc(CN2CCC(CCO)C2)ccc1Cl. The van der Waals surface area contributed by atoms with Crippen LogP contribution in [0, 0.1) is 5.92 Å². The summed E-state index contributed by atoms with van der Waals surface area (Å²) in [7, 11) is 0. The monoisotopic (exact) mass is 254 g/mol. The molecular formula is C13H19ClN2O. The second kappa shape index (κ2) is 5.71. The van der Waals surface area contributed by atoms with Gasteiger partial charge in [0.2, 0.25) is 0 Å². The number of nitrogens with two attached hydrogens (primary N) is 1. The van der Waals surface area contributed by atoms with Crippen LogP contribution in [-0.4, -0.2) is 29.7 Å². The Morgan fingerprint density at radius 2 is 2.29 bits per heavy atom. The Morgan fingerprint density at radius 3 is 3.00 bits per heavy atom. The van der Waals surface area contributed by atoms with Gasteiger partial charge in [-0.05, 0) is 43.0 Å². The first kappa shape index (κ1) is 12.7. The fourth-order valence-corrected chi connectivity index (χ4v) is 2.54. The molecule has 1 aliphatic heterocycles. The van der Waals surface area contributed by atoms with Crippen LogP contribution in [0.1, 0.15) is 18.4 Å². The van der Waals surface area contributed by atoms with E-state index in [1.165, 1.54) is 12.0 Å². The molecule has 1 aromatic carbocycles. The maximum absolute atomic E-state index is 8.92. The average molecular weight is 255 g/mol. The molecule has 1 aliphatic rings. The molecular weight excluding hydrogens is 236 g/mol. The van der Waals surface area contributed by atoms with Crippen LogP contribution in [0.15, 0.2) is 18.2 Å². The molecule has 1 aromatic rings. The first-order valence-corrected chi connectivity index (χ1v) is 6.44. The first-order chi connectivity index (χ1) is 8.19. The number of aliphatic hydroxyl groups excluding tert-OH is 1. The Balaban J connectivity index is 1.91. The van der Waals surface area contributed by atoms with Crippen molar-refractivity contribution in [3.63, 3.8) is 0 Å². The molecule has 94 valence electrons. The quantitative estimate of drug-likeness (QED) is 0.810. The highest BCUT2D eigenvalue weighted by molar-refractivity contribution is 6.33. The second-order valence-electron chi connectivity index (χ2n) is 4.76. The van der Waals surface area contributed by atoms with E-state index in [1.54, 1.807) is 0 Å². The van der Waals surface area contributed by atoms with Crippen molar-refractivity contribution >= 4 is 17.3 Å². The molecule has 0 aliphatic carbocycles. The zero-order valence-electron chi connectivity index (χ0n) is 9.90. The van der Waals surface area contributed by atoms with Crippen LogP contribution in [-0.2, 0) is 6.54 Å². The smallest absolute Gasteiger partial charge is 0.0635 e. The topological polar surface area (TPSA) is 49.5 Å². The first-order valence-electron chi connectivity index (χ1n) is 6.06. The number of likely N-dealkylation sites (tertiary alicyclic amines) is 1. The Labute approximate surface area is 107 Å². The lowest BCUT2D eigenvalue weighted by molar-refractivity contribution is 0.249. The summed E-state index contributed by atoms with van der Waals surface area (Å²) < 4.78 is 0. The van der Waals surface area contributed by atoms with Gasteiger partial charge in [0.15, 0.2) is 0 Å². The summed E-state index contributed by atoms with van der Waals surface area (Å²) in [6, 6.07) is 5.83. The fraction of sp³-hybridized carbons (Fsp3) is 0.538. The van der Waals surface area contributed by atoms with Crippen molar-refractivity contribution < 1.29 is 5.11 Å². The van der Waals surface area contributed by atoms with E-state index in [1.807, 2.05) is 18.2 Å². The van der Waals surface area contributed by atoms with Gasteiger partial charge in [-0.25, -0.2) is 0 Å². The molecule has 1 heterocycles. The third kappa shape index (κ3) is 3.35. The van der Waals surface area contributed by atoms with Gasteiger partial charge in [-0.3, -0.25) is 4.90 Å². The number of anilines is 1. The normalized spacial score (nSPS) is 20.9. The minimum Gasteiger partial charge on any atom is -0.398 e. The van der Waals surface area contributed by atoms with Gasteiger partial charge in [0.1, 0.15) is 0 Å². The summed E-state index contributed by atoms with van der Waals surface area (Å²) in [4.78, 5) is 2.41. The molecule has 2 rings (SSSR count). The standard InChI is InChI=1S/C13H19ClN2O/c14-12-2-1-11(7-13(12)15)9-16-5-3-10(8-16)4-6-17/h1-2,7,10,17H,3-6,8-9,15H2. The number of halogens is 1. The third-order valence-corrected chi connectivity index (χ3v) is 3.72. The second-order valence-corrected chi connectivity index (χ2v) is 5.17. The highest BCUT2D eigenvalue weighted by Crippen LogP contribution is 2.24. The van der Waals surface area contributed by atoms with Crippen LogP contribution in [0.5, 0.6) is 0 Å². The van der Waals surface area contributed by atoms with Crippen molar-refractivity contribution in [2.24, 2.45) is 5.92 Å². The summed E-state index contributed by atoms with van der Waals surface area (Å²) in [5.74, 6) is 0.643. The molecule has 0 saturated carbocycles. The van der Waals surface area contributed by atoms with Gasteiger partial charge >= 0.3 is 0 Å². The van der Waals surface area contributed by atoms with E-state index in [-0.39, 0.29) is 0 Å². The zero-order chi connectivity index (χ0) is 12.3. The fourth-order valence-electron chi connectivity index (χ4n) is 2.42. The van der Waals surface area contributed by atoms with E-state index in [0.29, 0.717) is 23.2 Å². The lowest BCUT2D eigenvalue weighted by Gasteiger charge is -2.16. The predicted octanol–water partition coefficient (Wildman–Crippen LogP) is 2.13. The lowest BCUT2D eigenvalue weighted by atomic mass is 10.1. The summed E-state index contributed by atoms with van der Waals surface area (Å²) >= 11 is 5.90. The van der Waals surface area contributed by atoms with Crippen LogP contribution in [0.3, 0.4) is 0 Å². The van der Waals surface area contributed by atoms with Gasteiger partial charge in [0.05, 0.1) is 10.7 Å². The Bertz CT molecular complexity index is 384. The predicted molar refractivity (Wildman–Crippen MR) is 71.0 cm³/mol. The number of hydrogen-bond acceptors (Lipinski definition) is 3. The number of nitrogens with zero attached hydrogens (tertiary/aromatic N) is 1. The molecule has 0 bridgehead atoms. The largest absolute Gasteiger partial charge is 0.398 e. The summed E-state index contributed by atoms with van der Waals surface area (Å²) in [6.45, 7) is 3.39. The van der Waals surface area contributed by atoms with E-state index >= 15 is 0 Å². The van der Waals surface area contributed by atoms with E-state index in [0.717, 1.165) is 26.1 Å². The van der Waals surface area contributed by atoms with Gasteiger partial charge in [-0.15, -0.1) is 0 Å². The van der Waals surface area contributed by atoms with E-state index < -0.39 is 0 Å². The van der Waals surface area contributed by atoms with Crippen LogP contribution in [0.2, 0.25) is 5.02 Å². The van der Waals surface area contributed by atoms with Gasteiger partial charge in [0.25, 0.3) is 0 Å². The van der Waals surface area contributed by atoms with Crippen molar-refractivity contribution in [2.75, 3.05) is 25.4 Å². The highest BCUT2D eigenvalue weighted by Gasteiger charge is 2.21. The number of hydrogen-bond donors (Lipinski definition) is 2. The Kier molecular flexibility index (Phi) is 4.26. The molecule has 1 atom stereocenters. The van der Waals surface area contributed by atoms with Crippen molar-refractivity contribution in [3.05, 3.63) is 28.8 Å². The minimum atomic E-state index is 0.298. The Hall–Kier alpha value is -0.770. The van der Waals surface area contributed by atoms with Crippen LogP contribution in [0.25, 0.3) is 0 Å². The molecule has 0 radical (unpaired) electrons. The number of rotatable bonds is 4. The molecule has 0 amide bonds. The van der Waals surface area contributed by atoms with Crippen molar-refractivity contribution in [3.8, 4) is 0 Å². The van der Waals surface area contributed by atoms with Gasteiger partial charge < -0.3 is 10.8 Å². The maximum Gasteiger partial charge on any atom is 0.0635 e. The number of aliphatic hydroxyl groups is 1. The van der Waals surface area contributed by atoms with Crippen molar-refractivity contribution in [2.45, 2.75) is 19.4 Å². The highest BCUT2D eigenvalue weighted by atomic mass is 35.5. The molecule has 17 heavy (non-hydrogen) atoms. The summed E-state index contributed by atoms with van der Waals surface area (Å²) in [5, 5.41) is 9.54. The molecule has 1 saturated heterocycles. The molecule has 1 unspecified atom stereocenters. The molecule has 3 nitrogen and oxygen atoms in total. The van der Waals surface area contributed by atoms with Crippen molar-refractivity contribution in [1.82, 2.24) is 4.90 Å². The maximum atomic E-state index is 8.92. The van der Waals surface area contributed by atoms with E-state index in [4.69, 9.17) is 22.4 Å². The number of nitrogen functional groups attached to an aromatic ring is 1. The van der Waals surface area contributed by atoms with Crippen molar-refractivity contribution in [1.29, 1.82) is 0 Å². The average Bonchev–Trinajstić information content (AvgIpc) is 2.72. The van der Waals surface area contributed by atoms with E-state index in [2.05, 4.69) is 4.90 Å². The minimum absolute atomic E-state index is 0.298. The van der Waals surface area contributed by atoms with Gasteiger partial charge in [0, 0.05) is 19.7 Å². The van der Waals surface area contributed by atoms with Crippen LogP contribution < -0.4 is 5.73 Å². The third-order valence-electron chi connectivity index (χ3n) is 3.37. The summed E-state index contributed by atoms with van der Waals surface area (Å²) in [5.41, 5.74) is 7.64. The van der Waals surface area contributed by atoms with Gasteiger partial charge in [-0.1, -0.05) is 17.7 Å². The molecule has 1 fully saturated rings. The molecule has 4 heteroatoms. The van der Waals surface area contributed by atoms with Gasteiger partial charge in [-0.2, -0.15) is 0 Å². The lowest BCUT2D eigenvalue weighted by Crippen LogP contribution is -2.20. The van der Waals surface area contributed by atoms with Crippen LogP contribution in [0.4, 0.5) is 5.69 Å². The summed E-state index contributed by atoms with van der Waals surface area (Å²) in [6.07, 6.45) is 2.10. The van der Waals surface area contributed by atoms with E-state index in [9.17, 15) is 0 Å². The zero-order valence-corrected chi connectivity index (χ0v) is 10.7. The molecule has 0 spiro atoms. The molecule has 0 aromatic heterocycles. The number of benzene rings is 1. The molecule has 3 N–H and O–H groups in total. The Morgan fingerprint density at radius 1 is 1.47 bits per heavy atom.